The second kappa shape index (κ2) is 7.09. The number of halogens is 1. The lowest BCUT2D eigenvalue weighted by Crippen LogP contribution is -2.41. The molecule has 1 atom stereocenters. The maximum atomic E-state index is 12.4. The van der Waals surface area contributed by atoms with Crippen LogP contribution >= 0.6 is 11.6 Å². The summed E-state index contributed by atoms with van der Waals surface area (Å²) in [5.41, 5.74) is 0. The molecular formula is C13H22ClN3O3S. The van der Waals surface area contributed by atoms with Gasteiger partial charge >= 0.3 is 0 Å². The number of sulfonamides is 1. The van der Waals surface area contributed by atoms with Gasteiger partial charge in [-0.3, -0.25) is 0 Å². The number of aliphatic hydroxyl groups excluding tert-OH is 1. The maximum Gasteiger partial charge on any atom is 0.261 e. The third-order valence-corrected chi connectivity index (χ3v) is 6.03. The zero-order chi connectivity index (χ0) is 15.5. The van der Waals surface area contributed by atoms with Gasteiger partial charge in [-0.05, 0) is 25.2 Å². The Bertz CT molecular complexity index is 567. The fourth-order valence-electron chi connectivity index (χ4n) is 2.90. The van der Waals surface area contributed by atoms with Crippen molar-refractivity contribution < 1.29 is 13.5 Å². The first kappa shape index (κ1) is 16.7. The Morgan fingerprint density at radius 3 is 2.67 bits per heavy atom. The maximum absolute atomic E-state index is 12.4. The molecule has 1 heterocycles. The van der Waals surface area contributed by atoms with Crippen molar-refractivity contribution in [2.45, 2.75) is 49.6 Å². The third-order valence-electron chi connectivity index (χ3n) is 4.05. The molecule has 1 aromatic heterocycles. The van der Waals surface area contributed by atoms with E-state index in [1.165, 1.54) is 17.3 Å². The van der Waals surface area contributed by atoms with Crippen LogP contribution < -0.4 is 4.72 Å². The first-order valence-corrected chi connectivity index (χ1v) is 9.12. The van der Waals surface area contributed by atoms with E-state index in [0.29, 0.717) is 6.42 Å². The van der Waals surface area contributed by atoms with E-state index in [2.05, 4.69) is 9.71 Å². The molecule has 1 aliphatic rings. The van der Waals surface area contributed by atoms with Gasteiger partial charge in [0, 0.05) is 19.7 Å². The van der Waals surface area contributed by atoms with Crippen LogP contribution in [0.1, 0.15) is 38.5 Å². The van der Waals surface area contributed by atoms with E-state index >= 15 is 0 Å². The molecule has 0 aromatic carbocycles. The van der Waals surface area contributed by atoms with E-state index in [-0.39, 0.29) is 28.7 Å². The van der Waals surface area contributed by atoms with Crippen molar-refractivity contribution in [3.05, 3.63) is 11.5 Å². The van der Waals surface area contributed by atoms with E-state index in [0.717, 1.165) is 25.7 Å². The lowest BCUT2D eigenvalue weighted by Gasteiger charge is -2.30. The Morgan fingerprint density at radius 2 is 2.14 bits per heavy atom. The van der Waals surface area contributed by atoms with Crippen LogP contribution in [0.15, 0.2) is 11.4 Å². The quantitative estimate of drug-likeness (QED) is 0.828. The summed E-state index contributed by atoms with van der Waals surface area (Å²) in [5, 5.41) is 9.16. The molecule has 8 heteroatoms. The normalized spacial score (nSPS) is 18.8. The lowest BCUT2D eigenvalue weighted by molar-refractivity contribution is 0.221. The Hall–Kier alpha value is -0.630. The number of nitrogens with zero attached hydrogens (tertiary/aromatic N) is 2. The highest BCUT2D eigenvalue weighted by Crippen LogP contribution is 2.29. The molecule has 0 radical (unpaired) electrons. The largest absolute Gasteiger partial charge is 0.396 e. The Morgan fingerprint density at radius 1 is 1.48 bits per heavy atom. The zero-order valence-electron chi connectivity index (χ0n) is 12.1. The molecule has 21 heavy (non-hydrogen) atoms. The SMILES string of the molecule is Cn1cnc(S(=O)(=O)NC(CCO)C2CCCCC2)c1Cl. The van der Waals surface area contributed by atoms with Gasteiger partial charge < -0.3 is 9.67 Å². The van der Waals surface area contributed by atoms with Crippen molar-refractivity contribution in [3.63, 3.8) is 0 Å². The summed E-state index contributed by atoms with van der Waals surface area (Å²) in [4.78, 5) is 3.86. The van der Waals surface area contributed by atoms with Crippen LogP contribution in [0.3, 0.4) is 0 Å². The minimum atomic E-state index is -3.77. The highest BCUT2D eigenvalue weighted by Gasteiger charge is 2.30. The van der Waals surface area contributed by atoms with Crippen LogP contribution in [0.25, 0.3) is 0 Å². The molecule has 2 rings (SSSR count). The molecule has 1 fully saturated rings. The number of imidazole rings is 1. The topological polar surface area (TPSA) is 84.2 Å². The molecule has 1 aliphatic carbocycles. The fraction of sp³-hybridized carbons (Fsp3) is 0.769. The van der Waals surface area contributed by atoms with E-state index in [4.69, 9.17) is 11.6 Å². The van der Waals surface area contributed by atoms with Crippen LogP contribution in [0.4, 0.5) is 0 Å². The van der Waals surface area contributed by atoms with E-state index in [1.54, 1.807) is 7.05 Å². The van der Waals surface area contributed by atoms with E-state index in [9.17, 15) is 13.5 Å². The molecule has 0 saturated heterocycles. The fourth-order valence-corrected chi connectivity index (χ4v) is 4.66. The summed E-state index contributed by atoms with van der Waals surface area (Å²) in [6.45, 7) is -0.0420. The van der Waals surface area contributed by atoms with E-state index in [1.807, 2.05) is 0 Å². The Balaban J connectivity index is 2.16. The number of nitrogens with one attached hydrogen (secondary N) is 1. The summed E-state index contributed by atoms with van der Waals surface area (Å²) in [5.74, 6) is 0.267. The van der Waals surface area contributed by atoms with Gasteiger partial charge in [-0.1, -0.05) is 30.9 Å². The van der Waals surface area contributed by atoms with Crippen LogP contribution in [-0.2, 0) is 17.1 Å². The van der Waals surface area contributed by atoms with Gasteiger partial charge in [-0.15, -0.1) is 0 Å². The van der Waals surface area contributed by atoms with Gasteiger partial charge in [0.15, 0.2) is 0 Å². The predicted octanol–water partition coefficient (Wildman–Crippen LogP) is 1.68. The van der Waals surface area contributed by atoms with Gasteiger partial charge in [-0.2, -0.15) is 0 Å². The van der Waals surface area contributed by atoms with Gasteiger partial charge in [0.25, 0.3) is 10.0 Å². The van der Waals surface area contributed by atoms with Crippen LogP contribution in [-0.4, -0.2) is 35.7 Å². The molecule has 2 N–H and O–H groups in total. The molecule has 0 bridgehead atoms. The number of aryl methyl sites for hydroxylation is 1. The molecule has 0 amide bonds. The first-order chi connectivity index (χ1) is 9.95. The average molecular weight is 336 g/mol. The lowest BCUT2D eigenvalue weighted by atomic mass is 9.83. The van der Waals surface area contributed by atoms with Crippen molar-refractivity contribution in [1.29, 1.82) is 0 Å². The third kappa shape index (κ3) is 3.97. The molecule has 1 saturated carbocycles. The Labute approximate surface area is 130 Å². The molecule has 1 unspecified atom stereocenters. The number of aromatic nitrogens is 2. The van der Waals surface area contributed by atoms with Crippen molar-refractivity contribution in [2.24, 2.45) is 13.0 Å². The van der Waals surface area contributed by atoms with Crippen molar-refractivity contribution in [1.82, 2.24) is 14.3 Å². The highest BCUT2D eigenvalue weighted by molar-refractivity contribution is 7.89. The van der Waals surface area contributed by atoms with Crippen LogP contribution in [0, 0.1) is 5.92 Å². The number of aliphatic hydroxyl groups is 1. The minimum absolute atomic E-state index is 0.0420. The summed E-state index contributed by atoms with van der Waals surface area (Å²) >= 11 is 5.97. The smallest absolute Gasteiger partial charge is 0.261 e. The first-order valence-electron chi connectivity index (χ1n) is 7.25. The number of hydrogen-bond donors (Lipinski definition) is 2. The monoisotopic (exact) mass is 335 g/mol. The molecule has 6 nitrogen and oxygen atoms in total. The molecular weight excluding hydrogens is 314 g/mol. The standard InChI is InChI=1S/C13H22ClN3O3S/c1-17-9-15-13(12(17)14)21(19,20)16-11(7-8-18)10-5-3-2-4-6-10/h9-11,16,18H,2-8H2,1H3. The zero-order valence-corrected chi connectivity index (χ0v) is 13.7. The van der Waals surface area contributed by atoms with Gasteiger partial charge in [-0.25, -0.2) is 18.1 Å². The van der Waals surface area contributed by atoms with Gasteiger partial charge in [0.05, 0.1) is 6.33 Å². The summed E-state index contributed by atoms with van der Waals surface area (Å²) in [6.07, 6.45) is 7.18. The Kier molecular flexibility index (Phi) is 5.65. The number of hydrogen-bond acceptors (Lipinski definition) is 4. The predicted molar refractivity (Wildman–Crippen MR) is 80.6 cm³/mol. The van der Waals surface area contributed by atoms with Gasteiger partial charge in [0.2, 0.25) is 5.03 Å². The average Bonchev–Trinajstić information content (AvgIpc) is 2.80. The summed E-state index contributed by atoms with van der Waals surface area (Å²) in [7, 11) is -2.13. The molecule has 120 valence electrons. The van der Waals surface area contributed by atoms with Gasteiger partial charge in [0.1, 0.15) is 5.15 Å². The van der Waals surface area contributed by atoms with Crippen molar-refractivity contribution in [3.8, 4) is 0 Å². The molecule has 0 spiro atoms. The van der Waals surface area contributed by atoms with Crippen LogP contribution in [0.5, 0.6) is 0 Å². The number of rotatable bonds is 6. The van der Waals surface area contributed by atoms with Crippen LogP contribution in [0.2, 0.25) is 5.15 Å². The molecule has 0 aliphatic heterocycles. The highest BCUT2D eigenvalue weighted by atomic mass is 35.5. The second-order valence-corrected chi connectivity index (χ2v) is 7.58. The van der Waals surface area contributed by atoms with Crippen molar-refractivity contribution in [2.75, 3.05) is 6.61 Å². The second-order valence-electron chi connectivity index (χ2n) is 5.59. The summed E-state index contributed by atoms with van der Waals surface area (Å²) in [6, 6.07) is -0.265. The minimum Gasteiger partial charge on any atom is -0.396 e. The van der Waals surface area contributed by atoms with Crippen molar-refractivity contribution >= 4 is 21.6 Å². The molecule has 1 aromatic rings. The summed E-state index contributed by atoms with van der Waals surface area (Å²) < 4.78 is 29.0. The van der Waals surface area contributed by atoms with E-state index < -0.39 is 10.0 Å².